The van der Waals surface area contributed by atoms with Crippen LogP contribution < -0.4 is 0 Å². The molecule has 0 radical (unpaired) electrons. The first-order valence-electron chi connectivity index (χ1n) is 16.4. The van der Waals surface area contributed by atoms with E-state index in [1.807, 2.05) is 0 Å². The highest BCUT2D eigenvalue weighted by Crippen LogP contribution is 2.22. The zero-order valence-corrected chi connectivity index (χ0v) is 25.0. The van der Waals surface area contributed by atoms with E-state index in [1.165, 1.54) is 148 Å². The number of aliphatic hydroxyl groups is 1. The molecule has 3 heteroatoms. The molecule has 0 aromatic rings. The number of esters is 1. The third-order valence-corrected chi connectivity index (χ3v) is 7.94. The van der Waals surface area contributed by atoms with Crippen molar-refractivity contribution in [1.82, 2.24) is 0 Å². The second kappa shape index (κ2) is 29.0. The zero-order valence-electron chi connectivity index (χ0n) is 25.0. The molecule has 2 atom stereocenters. The molecule has 0 bridgehead atoms. The summed E-state index contributed by atoms with van der Waals surface area (Å²) in [7, 11) is 1.45. The number of hydrogen-bond acceptors (Lipinski definition) is 3. The Balaban J connectivity index is 3.69. The first kappa shape index (κ1) is 35.4. The number of methoxy groups -OCH3 is 1. The van der Waals surface area contributed by atoms with Crippen LogP contribution >= 0.6 is 0 Å². The van der Waals surface area contributed by atoms with Gasteiger partial charge in [-0.3, -0.25) is 4.79 Å². The number of aliphatic hydroxyl groups excluding tert-OH is 1. The highest BCUT2D eigenvalue weighted by atomic mass is 16.5. The van der Waals surface area contributed by atoms with Gasteiger partial charge >= 0.3 is 5.97 Å². The summed E-state index contributed by atoms with van der Waals surface area (Å²) >= 11 is 0. The minimum atomic E-state index is -0.544. The van der Waals surface area contributed by atoms with Crippen molar-refractivity contribution in [2.75, 3.05) is 7.11 Å². The average Bonchev–Trinajstić information content (AvgIpc) is 2.89. The van der Waals surface area contributed by atoms with Crippen LogP contribution in [0.1, 0.15) is 187 Å². The number of ether oxygens (including phenoxy) is 1. The normalized spacial score (nSPS) is 13.1. The van der Waals surface area contributed by atoms with Crippen LogP contribution in [-0.2, 0) is 9.53 Å². The maximum Gasteiger partial charge on any atom is 0.311 e. The smallest absolute Gasteiger partial charge is 0.311 e. The molecule has 0 spiro atoms. The van der Waals surface area contributed by atoms with Gasteiger partial charge in [0.05, 0.1) is 19.1 Å². The molecule has 0 aliphatic heterocycles. The Bertz CT molecular complexity index is 437. The molecule has 216 valence electrons. The molecule has 1 N–H and O–H groups in total. The van der Waals surface area contributed by atoms with E-state index < -0.39 is 6.10 Å². The van der Waals surface area contributed by atoms with Gasteiger partial charge in [0.25, 0.3) is 0 Å². The lowest BCUT2D eigenvalue weighted by Crippen LogP contribution is -2.29. The molecule has 0 fully saturated rings. The summed E-state index contributed by atoms with van der Waals surface area (Å²) < 4.78 is 5.01. The summed E-state index contributed by atoms with van der Waals surface area (Å²) in [6.07, 6.45) is 34.0. The molecule has 36 heavy (non-hydrogen) atoms. The molecule has 0 saturated heterocycles. The van der Waals surface area contributed by atoms with Crippen molar-refractivity contribution in [2.45, 2.75) is 193 Å². The Hall–Kier alpha value is -0.570. The first-order chi connectivity index (χ1) is 17.7. The minimum Gasteiger partial charge on any atom is -0.469 e. The lowest BCUT2D eigenvalue weighted by molar-refractivity contribution is -0.150. The molecule has 0 aromatic carbocycles. The molecule has 0 aliphatic rings. The van der Waals surface area contributed by atoms with E-state index in [-0.39, 0.29) is 11.9 Å². The maximum absolute atomic E-state index is 12.2. The molecular formula is C33H66O3. The van der Waals surface area contributed by atoms with E-state index in [1.54, 1.807) is 0 Å². The van der Waals surface area contributed by atoms with Gasteiger partial charge in [-0.05, 0) is 12.8 Å². The van der Waals surface area contributed by atoms with Gasteiger partial charge in [-0.1, -0.05) is 174 Å². The van der Waals surface area contributed by atoms with E-state index in [0.29, 0.717) is 0 Å². The summed E-state index contributed by atoms with van der Waals surface area (Å²) in [5.41, 5.74) is 0. The zero-order chi connectivity index (χ0) is 26.5. The Labute approximate surface area is 226 Å². The van der Waals surface area contributed by atoms with Gasteiger partial charge in [0, 0.05) is 0 Å². The third kappa shape index (κ3) is 23.8. The Kier molecular flexibility index (Phi) is 28.5. The molecule has 0 aliphatic carbocycles. The topological polar surface area (TPSA) is 46.5 Å². The van der Waals surface area contributed by atoms with E-state index in [9.17, 15) is 9.90 Å². The van der Waals surface area contributed by atoms with Crippen molar-refractivity contribution < 1.29 is 14.6 Å². The fraction of sp³-hybridized carbons (Fsp3) is 0.970. The predicted molar refractivity (Wildman–Crippen MR) is 158 cm³/mol. The SMILES string of the molecule is CCCCCCCCCCCCCCC[C@@H](O)[C@H](CCCCCCCCCCCCCC)C(=O)OC. The number of carbonyl (C=O) groups is 1. The van der Waals surface area contributed by atoms with E-state index in [4.69, 9.17) is 4.74 Å². The lowest BCUT2D eigenvalue weighted by atomic mass is 9.91. The molecule has 0 unspecified atom stereocenters. The van der Waals surface area contributed by atoms with Crippen LogP contribution in [0.4, 0.5) is 0 Å². The Morgan fingerprint density at radius 3 is 1.08 bits per heavy atom. The standard InChI is InChI=1S/C33H66O3/c1-4-6-8-10-12-14-16-18-20-22-24-26-28-30-32(34)31(33(35)36-3)29-27-25-23-21-19-17-15-13-11-9-7-5-2/h31-32,34H,4-30H2,1-3H3/t31-,32+/m0/s1. The highest BCUT2D eigenvalue weighted by molar-refractivity contribution is 5.72. The predicted octanol–water partition coefficient (Wildman–Crippen LogP) is 10.7. The van der Waals surface area contributed by atoms with Crippen LogP contribution in [0.15, 0.2) is 0 Å². The van der Waals surface area contributed by atoms with Crippen LogP contribution in [0.5, 0.6) is 0 Å². The fourth-order valence-electron chi connectivity index (χ4n) is 5.40. The summed E-state index contributed by atoms with van der Waals surface area (Å²) in [5.74, 6) is -0.560. The number of rotatable bonds is 29. The monoisotopic (exact) mass is 511 g/mol. The minimum absolute atomic E-state index is 0.222. The van der Waals surface area contributed by atoms with Crippen LogP contribution in [0.2, 0.25) is 0 Å². The maximum atomic E-state index is 12.2. The molecule has 0 amide bonds. The fourth-order valence-corrected chi connectivity index (χ4v) is 5.40. The molecule has 0 heterocycles. The van der Waals surface area contributed by atoms with Gasteiger partial charge < -0.3 is 9.84 Å². The lowest BCUT2D eigenvalue weighted by Gasteiger charge is -2.20. The van der Waals surface area contributed by atoms with Gasteiger partial charge in [-0.25, -0.2) is 0 Å². The molecule has 0 saturated carbocycles. The van der Waals surface area contributed by atoms with Gasteiger partial charge in [0.1, 0.15) is 0 Å². The van der Waals surface area contributed by atoms with Crippen molar-refractivity contribution in [3.05, 3.63) is 0 Å². The Morgan fingerprint density at radius 2 is 0.778 bits per heavy atom. The van der Waals surface area contributed by atoms with E-state index in [2.05, 4.69) is 13.8 Å². The number of carbonyl (C=O) groups excluding carboxylic acids is 1. The average molecular weight is 511 g/mol. The first-order valence-corrected chi connectivity index (χ1v) is 16.4. The van der Waals surface area contributed by atoms with Crippen LogP contribution in [-0.4, -0.2) is 24.3 Å². The van der Waals surface area contributed by atoms with Crippen molar-refractivity contribution >= 4 is 5.97 Å². The summed E-state index contributed by atoms with van der Waals surface area (Å²) in [4.78, 5) is 12.2. The van der Waals surface area contributed by atoms with Crippen molar-refractivity contribution in [1.29, 1.82) is 0 Å². The van der Waals surface area contributed by atoms with Crippen molar-refractivity contribution in [3.8, 4) is 0 Å². The largest absolute Gasteiger partial charge is 0.469 e. The van der Waals surface area contributed by atoms with Crippen molar-refractivity contribution in [3.63, 3.8) is 0 Å². The van der Waals surface area contributed by atoms with Gasteiger partial charge in [0.15, 0.2) is 0 Å². The molecule has 0 aromatic heterocycles. The summed E-state index contributed by atoms with van der Waals surface area (Å²) in [6, 6.07) is 0. The number of unbranched alkanes of at least 4 members (excludes halogenated alkanes) is 23. The van der Waals surface area contributed by atoms with Gasteiger partial charge in [-0.2, -0.15) is 0 Å². The van der Waals surface area contributed by atoms with Crippen LogP contribution in [0.3, 0.4) is 0 Å². The van der Waals surface area contributed by atoms with Crippen molar-refractivity contribution in [2.24, 2.45) is 5.92 Å². The highest BCUT2D eigenvalue weighted by Gasteiger charge is 2.26. The van der Waals surface area contributed by atoms with E-state index >= 15 is 0 Å². The summed E-state index contributed by atoms with van der Waals surface area (Å²) in [6.45, 7) is 4.55. The molecular weight excluding hydrogens is 444 g/mol. The Morgan fingerprint density at radius 1 is 0.500 bits per heavy atom. The summed E-state index contributed by atoms with van der Waals surface area (Å²) in [5, 5.41) is 10.7. The van der Waals surface area contributed by atoms with E-state index in [0.717, 1.165) is 32.1 Å². The molecule has 0 rings (SSSR count). The molecule has 3 nitrogen and oxygen atoms in total. The van der Waals surface area contributed by atoms with Gasteiger partial charge in [-0.15, -0.1) is 0 Å². The second-order valence-corrected chi connectivity index (χ2v) is 11.4. The second-order valence-electron chi connectivity index (χ2n) is 11.4. The van der Waals surface area contributed by atoms with Gasteiger partial charge in [0.2, 0.25) is 0 Å². The number of hydrogen-bond donors (Lipinski definition) is 1. The van der Waals surface area contributed by atoms with Crippen LogP contribution in [0, 0.1) is 5.92 Å². The van der Waals surface area contributed by atoms with Crippen LogP contribution in [0.25, 0.3) is 0 Å². The quantitative estimate of drug-likeness (QED) is 0.0803. The third-order valence-electron chi connectivity index (χ3n) is 7.94.